The molecule has 1 amide bonds. The first-order valence-electron chi connectivity index (χ1n) is 8.42. The van der Waals surface area contributed by atoms with E-state index in [0.717, 1.165) is 11.1 Å². The minimum Gasteiger partial charge on any atom is -0.454 e. The minimum atomic E-state index is -0.588. The predicted molar refractivity (Wildman–Crippen MR) is 100 cm³/mol. The molecule has 4 rings (SSSR count). The molecule has 2 aliphatic rings. The van der Waals surface area contributed by atoms with Crippen LogP contribution in [0.5, 0.6) is 23.0 Å². The Kier molecular flexibility index (Phi) is 4.36. The Morgan fingerprint density at radius 1 is 1.04 bits per heavy atom. The van der Waals surface area contributed by atoms with E-state index < -0.39 is 5.54 Å². The normalized spacial score (nSPS) is 14.6. The lowest BCUT2D eigenvalue weighted by Crippen LogP contribution is -2.40. The molecule has 0 saturated carbocycles. The van der Waals surface area contributed by atoms with Gasteiger partial charge in [-0.2, -0.15) is 0 Å². The maximum Gasteiger partial charge on any atom is 0.244 e. The summed E-state index contributed by atoms with van der Waals surface area (Å²) >= 11 is 6.16. The average molecular weight is 388 g/mol. The van der Waals surface area contributed by atoms with E-state index in [2.05, 4.69) is 5.32 Å². The van der Waals surface area contributed by atoms with Gasteiger partial charge in [-0.3, -0.25) is 4.79 Å². The Morgan fingerprint density at radius 2 is 1.78 bits per heavy atom. The maximum absolute atomic E-state index is 12.4. The van der Waals surface area contributed by atoms with E-state index in [-0.39, 0.29) is 19.5 Å². The van der Waals surface area contributed by atoms with Crippen molar-refractivity contribution in [3.63, 3.8) is 0 Å². The molecule has 2 aromatic carbocycles. The van der Waals surface area contributed by atoms with Crippen molar-refractivity contribution >= 4 is 23.6 Å². The first kappa shape index (κ1) is 17.5. The van der Waals surface area contributed by atoms with Crippen LogP contribution in [-0.2, 0) is 10.3 Å². The van der Waals surface area contributed by atoms with E-state index in [9.17, 15) is 4.79 Å². The van der Waals surface area contributed by atoms with Gasteiger partial charge in [0.1, 0.15) is 0 Å². The number of hydrogen-bond donors (Lipinski definition) is 1. The lowest BCUT2D eigenvalue weighted by atomic mass is 9.93. The highest BCUT2D eigenvalue weighted by molar-refractivity contribution is 6.32. The second-order valence-corrected chi connectivity index (χ2v) is 7.16. The molecule has 0 saturated heterocycles. The Balaban J connectivity index is 1.47. The van der Waals surface area contributed by atoms with Crippen LogP contribution in [0.1, 0.15) is 25.0 Å². The zero-order valence-corrected chi connectivity index (χ0v) is 15.6. The minimum absolute atomic E-state index is 0.145. The molecule has 2 aliphatic heterocycles. The molecular formula is C20H18ClNO5. The van der Waals surface area contributed by atoms with Gasteiger partial charge in [0.05, 0.1) is 10.6 Å². The number of rotatable bonds is 4. The Labute approximate surface area is 161 Å². The number of benzene rings is 2. The fourth-order valence-electron chi connectivity index (χ4n) is 2.96. The van der Waals surface area contributed by atoms with Gasteiger partial charge >= 0.3 is 0 Å². The zero-order valence-electron chi connectivity index (χ0n) is 14.9. The molecule has 2 heterocycles. The van der Waals surface area contributed by atoms with Crippen LogP contribution in [0.25, 0.3) is 6.08 Å². The number of fused-ring (bicyclic) bond motifs is 2. The molecule has 27 heavy (non-hydrogen) atoms. The lowest BCUT2D eigenvalue weighted by molar-refractivity contribution is -0.118. The van der Waals surface area contributed by atoms with E-state index in [1.807, 2.05) is 32.0 Å². The quantitative estimate of drug-likeness (QED) is 0.807. The molecular weight excluding hydrogens is 370 g/mol. The Morgan fingerprint density at radius 3 is 2.63 bits per heavy atom. The SMILES string of the molecule is CC(C)(NC(=O)/C=C/c1cc(Cl)c2c(c1)OCO2)c1ccc2c(c1)OCO2. The van der Waals surface area contributed by atoms with Crippen LogP contribution in [0.4, 0.5) is 0 Å². The van der Waals surface area contributed by atoms with E-state index in [0.29, 0.717) is 28.0 Å². The predicted octanol–water partition coefficient (Wildman–Crippen LogP) is 3.86. The number of hydrogen-bond acceptors (Lipinski definition) is 5. The van der Waals surface area contributed by atoms with E-state index in [1.54, 1.807) is 18.2 Å². The third kappa shape index (κ3) is 3.53. The van der Waals surface area contributed by atoms with Crippen LogP contribution in [0.3, 0.4) is 0 Å². The molecule has 0 unspecified atom stereocenters. The highest BCUT2D eigenvalue weighted by Gasteiger charge is 2.25. The monoisotopic (exact) mass is 387 g/mol. The van der Waals surface area contributed by atoms with Crippen molar-refractivity contribution in [2.45, 2.75) is 19.4 Å². The van der Waals surface area contributed by atoms with Crippen LogP contribution in [0.15, 0.2) is 36.4 Å². The van der Waals surface area contributed by atoms with Gasteiger partial charge in [0.25, 0.3) is 0 Å². The topological polar surface area (TPSA) is 66.0 Å². The number of carbonyl (C=O) groups is 1. The summed E-state index contributed by atoms with van der Waals surface area (Å²) in [6, 6.07) is 9.14. The molecule has 0 aromatic heterocycles. The van der Waals surface area contributed by atoms with Crippen molar-refractivity contribution in [3.05, 3.63) is 52.6 Å². The fraction of sp³-hybridized carbons (Fsp3) is 0.250. The third-order valence-corrected chi connectivity index (χ3v) is 4.69. The van der Waals surface area contributed by atoms with Crippen molar-refractivity contribution in [2.75, 3.05) is 13.6 Å². The van der Waals surface area contributed by atoms with Crippen LogP contribution in [0, 0.1) is 0 Å². The molecule has 7 heteroatoms. The molecule has 140 valence electrons. The molecule has 0 radical (unpaired) electrons. The number of amides is 1. The summed E-state index contributed by atoms with van der Waals surface area (Å²) in [6.07, 6.45) is 3.14. The molecule has 1 N–H and O–H groups in total. The van der Waals surface area contributed by atoms with Gasteiger partial charge in [-0.1, -0.05) is 17.7 Å². The summed E-state index contributed by atoms with van der Waals surface area (Å²) in [7, 11) is 0. The molecule has 6 nitrogen and oxygen atoms in total. The molecule has 0 bridgehead atoms. The van der Waals surface area contributed by atoms with Crippen LogP contribution in [-0.4, -0.2) is 19.5 Å². The van der Waals surface area contributed by atoms with Gasteiger partial charge in [0.2, 0.25) is 19.5 Å². The first-order chi connectivity index (χ1) is 12.9. The third-order valence-electron chi connectivity index (χ3n) is 4.41. The highest BCUT2D eigenvalue weighted by atomic mass is 35.5. The van der Waals surface area contributed by atoms with E-state index in [1.165, 1.54) is 6.08 Å². The maximum atomic E-state index is 12.4. The zero-order chi connectivity index (χ0) is 19.0. The second kappa shape index (κ2) is 6.70. The van der Waals surface area contributed by atoms with Gasteiger partial charge in [-0.25, -0.2) is 0 Å². The van der Waals surface area contributed by atoms with Gasteiger partial charge in [0.15, 0.2) is 23.0 Å². The van der Waals surface area contributed by atoms with E-state index >= 15 is 0 Å². The second-order valence-electron chi connectivity index (χ2n) is 6.75. The smallest absolute Gasteiger partial charge is 0.244 e. The molecule has 0 aliphatic carbocycles. The summed E-state index contributed by atoms with van der Waals surface area (Å²) in [4.78, 5) is 12.4. The van der Waals surface area contributed by atoms with Gasteiger partial charge in [-0.15, -0.1) is 0 Å². The van der Waals surface area contributed by atoms with Gasteiger partial charge < -0.3 is 24.3 Å². The molecule has 0 spiro atoms. The van der Waals surface area contributed by atoms with Crippen LogP contribution >= 0.6 is 11.6 Å². The van der Waals surface area contributed by atoms with Crippen molar-refractivity contribution in [3.8, 4) is 23.0 Å². The summed E-state index contributed by atoms with van der Waals surface area (Å²) in [5.74, 6) is 2.26. The number of halogens is 1. The van der Waals surface area contributed by atoms with Crippen molar-refractivity contribution < 1.29 is 23.7 Å². The van der Waals surface area contributed by atoms with Crippen LogP contribution < -0.4 is 24.3 Å². The molecule has 0 atom stereocenters. The highest BCUT2D eigenvalue weighted by Crippen LogP contribution is 2.40. The molecule has 0 fully saturated rings. The van der Waals surface area contributed by atoms with E-state index in [4.69, 9.17) is 30.5 Å². The largest absolute Gasteiger partial charge is 0.454 e. The summed E-state index contributed by atoms with van der Waals surface area (Å²) in [6.45, 7) is 4.21. The van der Waals surface area contributed by atoms with Crippen molar-refractivity contribution in [1.82, 2.24) is 5.32 Å². The summed E-state index contributed by atoms with van der Waals surface area (Å²) < 4.78 is 21.4. The lowest BCUT2D eigenvalue weighted by Gasteiger charge is -2.26. The summed E-state index contributed by atoms with van der Waals surface area (Å²) in [5, 5.41) is 3.44. The fourth-order valence-corrected chi connectivity index (χ4v) is 3.24. The number of ether oxygens (including phenoxy) is 4. The van der Waals surface area contributed by atoms with Crippen molar-refractivity contribution in [1.29, 1.82) is 0 Å². The Bertz CT molecular complexity index is 938. The standard InChI is InChI=1S/C20H18ClNO5/c1-20(2,13-4-5-15-16(9-13)25-10-24-15)22-18(23)6-3-12-7-14(21)19-17(8-12)26-11-27-19/h3-9H,10-11H2,1-2H3,(H,22,23)/b6-3+. The summed E-state index contributed by atoms with van der Waals surface area (Å²) in [5.41, 5.74) is 1.08. The molecule has 2 aromatic rings. The van der Waals surface area contributed by atoms with Gasteiger partial charge in [0, 0.05) is 6.08 Å². The van der Waals surface area contributed by atoms with Crippen molar-refractivity contribution in [2.24, 2.45) is 0 Å². The van der Waals surface area contributed by atoms with Crippen LogP contribution in [0.2, 0.25) is 5.02 Å². The number of carbonyl (C=O) groups excluding carboxylic acids is 1. The Hall–Kier alpha value is -2.86. The number of nitrogens with one attached hydrogen (secondary N) is 1. The first-order valence-corrected chi connectivity index (χ1v) is 8.80. The average Bonchev–Trinajstić information content (AvgIpc) is 3.28. The van der Waals surface area contributed by atoms with Gasteiger partial charge in [-0.05, 0) is 55.3 Å².